The zero-order chi connectivity index (χ0) is 17.2. The number of halogens is 1. The minimum absolute atomic E-state index is 0.0679. The Kier molecular flexibility index (Phi) is 6.98. The molecule has 0 saturated heterocycles. The molecule has 0 aliphatic rings. The first-order valence-corrected chi connectivity index (χ1v) is 7.70. The average Bonchev–Trinajstić information content (AvgIpc) is 2.60. The lowest BCUT2D eigenvalue weighted by atomic mass is 10.2. The first-order chi connectivity index (χ1) is 11.7. The standard InChI is InChI=1S/C19H20FNO3/c20-17-9-3-1-6-15(17)8-5-11-19(23)21-14-16-7-2-4-10-18(16)24-13-12-22/h1-10,22H,11-14H2,(H,21,23)/b8-5+. The maximum atomic E-state index is 13.4. The van der Waals surface area contributed by atoms with Gasteiger partial charge in [0.2, 0.25) is 5.91 Å². The molecule has 0 aliphatic carbocycles. The van der Waals surface area contributed by atoms with Crippen LogP contribution in [0.15, 0.2) is 54.6 Å². The number of hydrogen-bond donors (Lipinski definition) is 2. The number of ether oxygens (including phenoxy) is 1. The molecule has 0 saturated carbocycles. The van der Waals surface area contributed by atoms with E-state index in [9.17, 15) is 9.18 Å². The van der Waals surface area contributed by atoms with Crippen LogP contribution in [-0.2, 0) is 11.3 Å². The Morgan fingerprint density at radius 1 is 1.17 bits per heavy atom. The van der Waals surface area contributed by atoms with Gasteiger partial charge in [0, 0.05) is 24.1 Å². The highest BCUT2D eigenvalue weighted by Crippen LogP contribution is 2.17. The number of rotatable bonds is 8. The quantitative estimate of drug-likeness (QED) is 0.783. The summed E-state index contributed by atoms with van der Waals surface area (Å²) in [6.45, 7) is 0.464. The Hall–Kier alpha value is -2.66. The van der Waals surface area contributed by atoms with E-state index in [2.05, 4.69) is 5.32 Å². The number of carbonyl (C=O) groups excluding carboxylic acids is 1. The summed E-state index contributed by atoms with van der Waals surface area (Å²) in [5.41, 5.74) is 1.28. The molecule has 0 heterocycles. The fourth-order valence-electron chi connectivity index (χ4n) is 2.12. The van der Waals surface area contributed by atoms with Crippen molar-refractivity contribution in [2.45, 2.75) is 13.0 Å². The molecule has 0 aromatic heterocycles. The lowest BCUT2D eigenvalue weighted by Crippen LogP contribution is -2.22. The van der Waals surface area contributed by atoms with Gasteiger partial charge in [0.15, 0.2) is 0 Å². The van der Waals surface area contributed by atoms with Crippen LogP contribution in [0.4, 0.5) is 4.39 Å². The zero-order valence-corrected chi connectivity index (χ0v) is 13.2. The lowest BCUT2D eigenvalue weighted by molar-refractivity contribution is -0.120. The Labute approximate surface area is 140 Å². The van der Waals surface area contributed by atoms with Gasteiger partial charge >= 0.3 is 0 Å². The number of aliphatic hydroxyl groups is 1. The van der Waals surface area contributed by atoms with Gasteiger partial charge < -0.3 is 15.2 Å². The number of carbonyl (C=O) groups is 1. The van der Waals surface area contributed by atoms with Crippen molar-refractivity contribution in [3.8, 4) is 5.75 Å². The molecular formula is C19H20FNO3. The highest BCUT2D eigenvalue weighted by Gasteiger charge is 2.05. The molecule has 0 unspecified atom stereocenters. The van der Waals surface area contributed by atoms with E-state index < -0.39 is 0 Å². The smallest absolute Gasteiger partial charge is 0.224 e. The predicted octanol–water partition coefficient (Wildman–Crippen LogP) is 2.92. The van der Waals surface area contributed by atoms with Crippen LogP contribution >= 0.6 is 0 Å². The van der Waals surface area contributed by atoms with Gasteiger partial charge in [-0.25, -0.2) is 4.39 Å². The Morgan fingerprint density at radius 3 is 2.71 bits per heavy atom. The largest absolute Gasteiger partial charge is 0.491 e. The van der Waals surface area contributed by atoms with Crippen molar-refractivity contribution >= 4 is 12.0 Å². The van der Waals surface area contributed by atoms with Gasteiger partial charge in [0.25, 0.3) is 0 Å². The number of benzene rings is 2. The SMILES string of the molecule is O=C(C/C=C/c1ccccc1F)NCc1ccccc1OCCO. The van der Waals surface area contributed by atoms with E-state index in [1.807, 2.05) is 18.2 Å². The van der Waals surface area contributed by atoms with Gasteiger partial charge in [0.1, 0.15) is 18.2 Å². The molecule has 2 aromatic carbocycles. The second-order valence-corrected chi connectivity index (χ2v) is 5.08. The molecule has 2 aromatic rings. The maximum absolute atomic E-state index is 13.4. The van der Waals surface area contributed by atoms with Crippen molar-refractivity contribution in [1.82, 2.24) is 5.32 Å². The van der Waals surface area contributed by atoms with Gasteiger partial charge in [-0.1, -0.05) is 48.6 Å². The first kappa shape index (κ1) is 17.7. The minimum atomic E-state index is -0.316. The van der Waals surface area contributed by atoms with Gasteiger partial charge in [-0.05, 0) is 12.1 Å². The number of amides is 1. The van der Waals surface area contributed by atoms with Crippen molar-refractivity contribution in [1.29, 1.82) is 0 Å². The molecule has 0 radical (unpaired) electrons. The molecule has 1 amide bonds. The molecule has 2 rings (SSSR count). The molecule has 2 N–H and O–H groups in total. The molecular weight excluding hydrogens is 309 g/mol. The number of hydrogen-bond acceptors (Lipinski definition) is 3. The molecule has 0 fully saturated rings. The monoisotopic (exact) mass is 329 g/mol. The molecule has 24 heavy (non-hydrogen) atoms. The van der Waals surface area contributed by atoms with Crippen LogP contribution in [0.2, 0.25) is 0 Å². The van der Waals surface area contributed by atoms with Crippen LogP contribution in [0.25, 0.3) is 6.08 Å². The number of aliphatic hydroxyl groups excluding tert-OH is 1. The van der Waals surface area contributed by atoms with Crippen LogP contribution in [0, 0.1) is 5.82 Å². The van der Waals surface area contributed by atoms with Crippen molar-refractivity contribution in [2.75, 3.05) is 13.2 Å². The molecule has 4 nitrogen and oxygen atoms in total. The first-order valence-electron chi connectivity index (χ1n) is 7.70. The average molecular weight is 329 g/mol. The molecule has 5 heteroatoms. The summed E-state index contributed by atoms with van der Waals surface area (Å²) in [5, 5.41) is 11.6. The van der Waals surface area contributed by atoms with E-state index in [1.165, 1.54) is 6.07 Å². The van der Waals surface area contributed by atoms with E-state index in [-0.39, 0.29) is 31.4 Å². The second kappa shape index (κ2) is 9.47. The molecule has 0 spiro atoms. The van der Waals surface area contributed by atoms with E-state index in [0.29, 0.717) is 17.9 Å². The van der Waals surface area contributed by atoms with Crippen LogP contribution in [0.3, 0.4) is 0 Å². The van der Waals surface area contributed by atoms with Gasteiger partial charge in [-0.15, -0.1) is 0 Å². The van der Waals surface area contributed by atoms with Crippen molar-refractivity contribution in [2.24, 2.45) is 0 Å². The third kappa shape index (κ3) is 5.52. The fourth-order valence-corrected chi connectivity index (χ4v) is 2.12. The number of para-hydroxylation sites is 1. The number of nitrogens with one attached hydrogen (secondary N) is 1. The van der Waals surface area contributed by atoms with Crippen LogP contribution in [-0.4, -0.2) is 24.2 Å². The summed E-state index contributed by atoms with van der Waals surface area (Å²) < 4.78 is 18.9. The van der Waals surface area contributed by atoms with E-state index in [0.717, 1.165) is 5.56 Å². The van der Waals surface area contributed by atoms with Crippen LogP contribution in [0.1, 0.15) is 17.5 Å². The summed E-state index contributed by atoms with van der Waals surface area (Å²) in [6.07, 6.45) is 3.38. The van der Waals surface area contributed by atoms with Crippen molar-refractivity contribution in [3.63, 3.8) is 0 Å². The second-order valence-electron chi connectivity index (χ2n) is 5.08. The molecule has 0 bridgehead atoms. The van der Waals surface area contributed by atoms with Crippen molar-refractivity contribution in [3.05, 3.63) is 71.6 Å². The zero-order valence-electron chi connectivity index (χ0n) is 13.2. The van der Waals surface area contributed by atoms with E-state index in [1.54, 1.807) is 36.4 Å². The topological polar surface area (TPSA) is 58.6 Å². The minimum Gasteiger partial charge on any atom is -0.491 e. The maximum Gasteiger partial charge on any atom is 0.224 e. The summed E-state index contributed by atoms with van der Waals surface area (Å²) in [4.78, 5) is 11.9. The highest BCUT2D eigenvalue weighted by molar-refractivity contribution is 5.78. The summed E-state index contributed by atoms with van der Waals surface area (Å²) in [7, 11) is 0. The predicted molar refractivity (Wildman–Crippen MR) is 90.9 cm³/mol. The van der Waals surface area contributed by atoms with Gasteiger partial charge in [0.05, 0.1) is 6.61 Å². The molecule has 0 aliphatic heterocycles. The third-order valence-corrected chi connectivity index (χ3v) is 3.30. The Bertz CT molecular complexity index is 701. The fraction of sp³-hybridized carbons (Fsp3) is 0.211. The summed E-state index contributed by atoms with van der Waals surface area (Å²) in [6, 6.07) is 13.7. The third-order valence-electron chi connectivity index (χ3n) is 3.30. The van der Waals surface area contributed by atoms with Gasteiger partial charge in [-0.3, -0.25) is 4.79 Å². The molecule has 0 atom stereocenters. The normalized spacial score (nSPS) is 10.8. The van der Waals surface area contributed by atoms with Gasteiger partial charge in [-0.2, -0.15) is 0 Å². The highest BCUT2D eigenvalue weighted by atomic mass is 19.1. The van der Waals surface area contributed by atoms with Crippen molar-refractivity contribution < 1.29 is 19.0 Å². The van der Waals surface area contributed by atoms with Crippen LogP contribution < -0.4 is 10.1 Å². The van der Waals surface area contributed by atoms with E-state index >= 15 is 0 Å². The Balaban J connectivity index is 1.84. The lowest BCUT2D eigenvalue weighted by Gasteiger charge is -2.11. The summed E-state index contributed by atoms with van der Waals surface area (Å²) >= 11 is 0. The van der Waals surface area contributed by atoms with Crippen LogP contribution in [0.5, 0.6) is 5.75 Å². The Morgan fingerprint density at radius 2 is 1.92 bits per heavy atom. The summed E-state index contributed by atoms with van der Waals surface area (Å²) in [5.74, 6) is 0.150. The van der Waals surface area contributed by atoms with E-state index in [4.69, 9.17) is 9.84 Å². The molecule has 126 valence electrons.